The average molecular weight is 233 g/mol. The Morgan fingerprint density at radius 1 is 1.53 bits per heavy atom. The molecule has 1 aromatic rings. The second-order valence-electron chi connectivity index (χ2n) is 3.03. The third-order valence-electron chi connectivity index (χ3n) is 2.13. The average Bonchev–Trinajstić information content (AvgIpc) is 2.61. The lowest BCUT2D eigenvalue weighted by Crippen LogP contribution is -2.44. The van der Waals surface area contributed by atoms with Crippen LogP contribution < -0.4 is 5.01 Å². The van der Waals surface area contributed by atoms with Gasteiger partial charge in [-0.15, -0.1) is 0 Å². The van der Waals surface area contributed by atoms with Crippen molar-refractivity contribution in [1.29, 1.82) is 0 Å². The van der Waals surface area contributed by atoms with Gasteiger partial charge in [0.15, 0.2) is 0 Å². The van der Waals surface area contributed by atoms with Gasteiger partial charge in [0.05, 0.1) is 31.2 Å². The molecule has 7 nitrogen and oxygen atoms in total. The topological polar surface area (TPSA) is 73.4 Å². The van der Waals surface area contributed by atoms with E-state index in [-0.39, 0.29) is 10.8 Å². The van der Waals surface area contributed by atoms with Crippen LogP contribution in [0.4, 0.5) is 5.69 Å². The molecule has 2 heterocycles. The van der Waals surface area contributed by atoms with Crippen LogP contribution in [0, 0.1) is 10.1 Å². The molecule has 0 radical (unpaired) electrons. The first-order valence-electron chi connectivity index (χ1n) is 4.41. The summed E-state index contributed by atoms with van der Waals surface area (Å²) < 4.78 is 5.16. The highest BCUT2D eigenvalue weighted by molar-refractivity contribution is 6.31. The normalized spacial score (nSPS) is 16.7. The number of morpholine rings is 1. The van der Waals surface area contributed by atoms with Gasteiger partial charge in [-0.05, 0) is 0 Å². The van der Waals surface area contributed by atoms with Gasteiger partial charge in [-0.2, -0.15) is 9.89 Å². The molecule has 0 unspecified atom stereocenters. The molecule has 2 rings (SSSR count). The van der Waals surface area contributed by atoms with Crippen LogP contribution in [0.1, 0.15) is 0 Å². The van der Waals surface area contributed by atoms with E-state index in [1.807, 2.05) is 0 Å². The lowest BCUT2D eigenvalue weighted by atomic mass is 10.5. The predicted octanol–water partition coefficient (Wildman–Crippen LogP) is 0.413. The molecule has 15 heavy (non-hydrogen) atoms. The molecular formula is C7H9ClN4O3. The highest BCUT2D eigenvalue weighted by Crippen LogP contribution is 2.23. The Hall–Kier alpha value is -1.34. The Balaban J connectivity index is 2.24. The zero-order chi connectivity index (χ0) is 10.8. The summed E-state index contributed by atoms with van der Waals surface area (Å²) in [6.45, 7) is 2.39. The Bertz CT molecular complexity index is 374. The number of ether oxygens (including phenoxy) is 1. The van der Waals surface area contributed by atoms with Gasteiger partial charge in [-0.1, -0.05) is 11.6 Å². The first-order chi connectivity index (χ1) is 7.20. The van der Waals surface area contributed by atoms with Crippen LogP contribution in [0.25, 0.3) is 0 Å². The summed E-state index contributed by atoms with van der Waals surface area (Å²) in [4.78, 5) is 11.3. The maximum absolute atomic E-state index is 10.5. The van der Waals surface area contributed by atoms with Gasteiger partial charge in [0.25, 0.3) is 0 Å². The molecule has 1 aliphatic rings. The van der Waals surface area contributed by atoms with Gasteiger partial charge in [-0.3, -0.25) is 15.1 Å². The molecule has 1 aromatic heterocycles. The largest absolute Gasteiger partial charge is 0.378 e. The van der Waals surface area contributed by atoms with Crippen molar-refractivity contribution in [2.75, 3.05) is 31.3 Å². The minimum atomic E-state index is -0.549. The number of halogens is 1. The maximum atomic E-state index is 10.5. The number of aromatic nitrogens is 2. The first kappa shape index (κ1) is 10.2. The van der Waals surface area contributed by atoms with Crippen molar-refractivity contribution in [3.05, 3.63) is 21.5 Å². The fourth-order valence-electron chi connectivity index (χ4n) is 1.38. The van der Waals surface area contributed by atoms with E-state index < -0.39 is 4.92 Å². The zero-order valence-electron chi connectivity index (χ0n) is 7.80. The van der Waals surface area contributed by atoms with Crippen LogP contribution in [0.5, 0.6) is 0 Å². The summed E-state index contributed by atoms with van der Waals surface area (Å²) in [6.07, 6.45) is 1.15. The molecule has 1 saturated heterocycles. The fourth-order valence-corrected chi connectivity index (χ4v) is 1.65. The molecule has 0 saturated carbocycles. The van der Waals surface area contributed by atoms with Crippen LogP contribution in [0.3, 0.4) is 0 Å². The van der Waals surface area contributed by atoms with E-state index in [1.54, 1.807) is 5.01 Å². The van der Waals surface area contributed by atoms with Crippen molar-refractivity contribution >= 4 is 17.3 Å². The molecule has 0 amide bonds. The van der Waals surface area contributed by atoms with E-state index in [4.69, 9.17) is 16.3 Å². The Morgan fingerprint density at radius 3 is 2.73 bits per heavy atom. The lowest BCUT2D eigenvalue weighted by Gasteiger charge is -2.28. The summed E-state index contributed by atoms with van der Waals surface area (Å²) >= 11 is 5.83. The van der Waals surface area contributed by atoms with Crippen molar-refractivity contribution < 1.29 is 9.66 Å². The summed E-state index contributed by atoms with van der Waals surface area (Å²) in [5, 5.41) is 16.3. The first-order valence-corrected chi connectivity index (χ1v) is 4.79. The standard InChI is InChI=1S/C7H9ClN4O3/c8-7-6(12(13)14)5-9-11(7)10-1-3-15-4-2-10/h5H,1-4H2. The van der Waals surface area contributed by atoms with E-state index in [0.29, 0.717) is 26.3 Å². The van der Waals surface area contributed by atoms with Gasteiger partial charge in [-0.25, -0.2) is 0 Å². The van der Waals surface area contributed by atoms with E-state index in [9.17, 15) is 10.1 Å². The third kappa shape index (κ3) is 1.88. The second-order valence-corrected chi connectivity index (χ2v) is 3.39. The summed E-state index contributed by atoms with van der Waals surface area (Å²) in [5.74, 6) is 0. The van der Waals surface area contributed by atoms with Crippen LogP contribution in [0.2, 0.25) is 5.15 Å². The maximum Gasteiger partial charge on any atom is 0.328 e. The number of hydrogen-bond donors (Lipinski definition) is 0. The molecule has 1 aliphatic heterocycles. The predicted molar refractivity (Wildman–Crippen MR) is 52.7 cm³/mol. The Kier molecular flexibility index (Phi) is 2.74. The molecule has 82 valence electrons. The highest BCUT2D eigenvalue weighted by Gasteiger charge is 2.22. The fraction of sp³-hybridized carbons (Fsp3) is 0.571. The summed E-state index contributed by atoms with van der Waals surface area (Å²) in [7, 11) is 0. The quantitative estimate of drug-likeness (QED) is 0.546. The molecular weight excluding hydrogens is 224 g/mol. The highest BCUT2D eigenvalue weighted by atomic mass is 35.5. The zero-order valence-corrected chi connectivity index (χ0v) is 8.55. The number of rotatable bonds is 2. The van der Waals surface area contributed by atoms with Crippen LogP contribution in [-0.2, 0) is 4.74 Å². The molecule has 0 N–H and O–H groups in total. The van der Waals surface area contributed by atoms with Crippen molar-refractivity contribution in [1.82, 2.24) is 9.89 Å². The summed E-state index contributed by atoms with van der Waals surface area (Å²) in [5.41, 5.74) is -0.178. The molecule has 8 heteroatoms. The van der Waals surface area contributed by atoms with E-state index in [0.717, 1.165) is 6.20 Å². The minimum Gasteiger partial charge on any atom is -0.378 e. The lowest BCUT2D eigenvalue weighted by molar-refractivity contribution is -0.384. The SMILES string of the molecule is O=[N+]([O-])c1cnn(N2CCOCC2)c1Cl. The van der Waals surface area contributed by atoms with E-state index >= 15 is 0 Å². The van der Waals surface area contributed by atoms with Gasteiger partial charge >= 0.3 is 5.69 Å². The van der Waals surface area contributed by atoms with Crippen molar-refractivity contribution in [3.8, 4) is 0 Å². The van der Waals surface area contributed by atoms with Crippen molar-refractivity contribution in [2.24, 2.45) is 0 Å². The van der Waals surface area contributed by atoms with Crippen LogP contribution in [0.15, 0.2) is 6.20 Å². The van der Waals surface area contributed by atoms with Crippen molar-refractivity contribution in [3.63, 3.8) is 0 Å². The smallest absolute Gasteiger partial charge is 0.328 e. The molecule has 0 aromatic carbocycles. The molecule has 0 spiro atoms. The van der Waals surface area contributed by atoms with Gasteiger partial charge in [0.2, 0.25) is 5.15 Å². The van der Waals surface area contributed by atoms with Crippen LogP contribution >= 0.6 is 11.6 Å². The van der Waals surface area contributed by atoms with Crippen molar-refractivity contribution in [2.45, 2.75) is 0 Å². The number of nitrogens with zero attached hydrogens (tertiary/aromatic N) is 4. The number of nitro groups is 1. The van der Waals surface area contributed by atoms with E-state index in [2.05, 4.69) is 5.10 Å². The van der Waals surface area contributed by atoms with Gasteiger partial charge < -0.3 is 4.74 Å². The third-order valence-corrected chi connectivity index (χ3v) is 2.47. The molecule has 1 fully saturated rings. The molecule has 0 atom stereocenters. The molecule has 0 aliphatic carbocycles. The van der Waals surface area contributed by atoms with Crippen LogP contribution in [-0.4, -0.2) is 41.1 Å². The van der Waals surface area contributed by atoms with Gasteiger partial charge in [0, 0.05) is 0 Å². The molecule has 0 bridgehead atoms. The minimum absolute atomic E-state index is 0.0295. The monoisotopic (exact) mass is 232 g/mol. The van der Waals surface area contributed by atoms with Gasteiger partial charge in [0.1, 0.15) is 6.20 Å². The number of hydrogen-bond acceptors (Lipinski definition) is 5. The second kappa shape index (κ2) is 4.03. The Morgan fingerprint density at radius 2 is 2.20 bits per heavy atom. The van der Waals surface area contributed by atoms with E-state index in [1.165, 1.54) is 4.79 Å². The Labute approximate surface area is 90.3 Å². The summed E-state index contributed by atoms with van der Waals surface area (Å²) in [6, 6.07) is 0.